The van der Waals surface area contributed by atoms with E-state index in [-0.39, 0.29) is 24.5 Å². The van der Waals surface area contributed by atoms with Crippen LogP contribution in [0.25, 0.3) is 0 Å². The van der Waals surface area contributed by atoms with Gasteiger partial charge in [-0.15, -0.1) is 0 Å². The topological polar surface area (TPSA) is 179 Å². The molecule has 4 unspecified atom stereocenters. The molecule has 11 nitrogen and oxygen atoms in total. The van der Waals surface area contributed by atoms with Crippen molar-refractivity contribution in [2.45, 2.75) is 57.3 Å². The number of nitrogens with one attached hydrogen (secondary N) is 4. The van der Waals surface area contributed by atoms with Crippen LogP contribution < -0.4 is 21.7 Å². The SMILES string of the molecule is CC(C)CC(NC(=O)C(N)Cc1cnc[nH]1)C(=O)NC(CS)C(=O)NC(Cc1ccccc1)C(=O)O. The highest BCUT2D eigenvalue weighted by molar-refractivity contribution is 7.80. The molecule has 4 atom stereocenters. The van der Waals surface area contributed by atoms with Crippen molar-refractivity contribution in [1.82, 2.24) is 25.9 Å². The molecule has 1 aromatic heterocycles. The molecule has 2 aromatic rings. The minimum atomic E-state index is -1.20. The van der Waals surface area contributed by atoms with Crippen molar-refractivity contribution in [2.24, 2.45) is 11.7 Å². The van der Waals surface area contributed by atoms with E-state index < -0.39 is 47.9 Å². The molecule has 0 aliphatic rings. The number of aromatic nitrogens is 2. The Morgan fingerprint density at radius 3 is 2.14 bits per heavy atom. The van der Waals surface area contributed by atoms with Gasteiger partial charge in [0.2, 0.25) is 17.7 Å². The van der Waals surface area contributed by atoms with E-state index in [0.717, 1.165) is 5.56 Å². The maximum atomic E-state index is 13.0. The summed E-state index contributed by atoms with van der Waals surface area (Å²) in [6.45, 7) is 3.78. The third kappa shape index (κ3) is 9.34. The summed E-state index contributed by atoms with van der Waals surface area (Å²) in [6, 6.07) is 4.72. The van der Waals surface area contributed by atoms with Crippen molar-refractivity contribution in [2.75, 3.05) is 5.75 Å². The lowest BCUT2D eigenvalue weighted by molar-refractivity contribution is -0.142. The number of carboxylic acid groups (broad SMARTS) is 1. The van der Waals surface area contributed by atoms with Gasteiger partial charge in [0, 0.05) is 30.5 Å². The molecule has 1 aromatic carbocycles. The Morgan fingerprint density at radius 2 is 1.58 bits per heavy atom. The molecule has 0 saturated heterocycles. The zero-order chi connectivity index (χ0) is 26.7. The van der Waals surface area contributed by atoms with Crippen molar-refractivity contribution >= 4 is 36.3 Å². The number of carbonyl (C=O) groups excluding carboxylic acids is 3. The van der Waals surface area contributed by atoms with Gasteiger partial charge in [-0.2, -0.15) is 12.6 Å². The van der Waals surface area contributed by atoms with Crippen LogP contribution in [0.15, 0.2) is 42.9 Å². The van der Waals surface area contributed by atoms with E-state index in [9.17, 15) is 24.3 Å². The Kier molecular flexibility index (Phi) is 11.4. The fourth-order valence-corrected chi connectivity index (χ4v) is 3.75. The first-order chi connectivity index (χ1) is 17.1. The molecule has 36 heavy (non-hydrogen) atoms. The Morgan fingerprint density at radius 1 is 0.972 bits per heavy atom. The summed E-state index contributed by atoms with van der Waals surface area (Å²) in [5.41, 5.74) is 7.40. The first-order valence-electron chi connectivity index (χ1n) is 11.6. The minimum Gasteiger partial charge on any atom is -0.480 e. The molecule has 0 spiro atoms. The Hall–Kier alpha value is -3.38. The summed E-state index contributed by atoms with van der Waals surface area (Å²) in [5.74, 6) is -3.02. The van der Waals surface area contributed by atoms with Gasteiger partial charge in [-0.05, 0) is 17.9 Å². The fourth-order valence-electron chi connectivity index (χ4n) is 3.50. The number of nitrogens with zero attached hydrogens (tertiary/aromatic N) is 1. The number of hydrogen-bond acceptors (Lipinski definition) is 7. The lowest BCUT2D eigenvalue weighted by atomic mass is 10.0. The molecule has 0 bridgehead atoms. The van der Waals surface area contributed by atoms with E-state index in [1.165, 1.54) is 6.33 Å². The summed E-state index contributed by atoms with van der Waals surface area (Å²) in [4.78, 5) is 56.9. The highest BCUT2D eigenvalue weighted by Crippen LogP contribution is 2.08. The smallest absolute Gasteiger partial charge is 0.326 e. The molecular weight excluding hydrogens is 484 g/mol. The number of H-pyrrole nitrogens is 1. The Labute approximate surface area is 215 Å². The van der Waals surface area contributed by atoms with Crippen molar-refractivity contribution in [3.8, 4) is 0 Å². The Bertz CT molecular complexity index is 1000. The highest BCUT2D eigenvalue weighted by Gasteiger charge is 2.30. The van der Waals surface area contributed by atoms with E-state index >= 15 is 0 Å². The zero-order valence-electron chi connectivity index (χ0n) is 20.3. The Balaban J connectivity index is 2.03. The molecule has 0 fully saturated rings. The fraction of sp³-hybridized carbons (Fsp3) is 0.458. The summed E-state index contributed by atoms with van der Waals surface area (Å²) >= 11 is 4.15. The summed E-state index contributed by atoms with van der Waals surface area (Å²) in [5, 5.41) is 17.3. The monoisotopic (exact) mass is 518 g/mol. The molecular formula is C24H34N6O5S. The molecule has 0 aliphatic carbocycles. The molecule has 7 N–H and O–H groups in total. The average Bonchev–Trinajstić information content (AvgIpc) is 3.34. The largest absolute Gasteiger partial charge is 0.480 e. The standard InChI is InChI=1S/C24H34N6O5S/c1-14(2)8-18(28-21(31)17(25)10-16-11-26-13-27-16)22(32)30-20(12-36)23(33)29-19(24(34)35)9-15-6-4-3-5-7-15/h3-7,11,13-14,17-20,36H,8-10,12,25H2,1-2H3,(H,26,27)(H,28,31)(H,29,33)(H,30,32)(H,34,35). The number of aliphatic carboxylic acids is 1. The first-order valence-corrected chi connectivity index (χ1v) is 12.3. The van der Waals surface area contributed by atoms with Crippen molar-refractivity contribution in [1.29, 1.82) is 0 Å². The van der Waals surface area contributed by atoms with Gasteiger partial charge in [0.15, 0.2) is 0 Å². The van der Waals surface area contributed by atoms with E-state index in [1.54, 1.807) is 36.5 Å². The average molecular weight is 519 g/mol. The first kappa shape index (κ1) is 28.9. The third-order valence-corrected chi connectivity index (χ3v) is 5.75. The van der Waals surface area contributed by atoms with E-state index in [2.05, 4.69) is 38.5 Å². The summed E-state index contributed by atoms with van der Waals surface area (Å²) in [6.07, 6.45) is 3.63. The molecule has 2 rings (SSSR count). The van der Waals surface area contributed by atoms with Gasteiger partial charge in [0.25, 0.3) is 0 Å². The van der Waals surface area contributed by atoms with Crippen LogP contribution in [0.5, 0.6) is 0 Å². The van der Waals surface area contributed by atoms with Crippen LogP contribution in [0.1, 0.15) is 31.5 Å². The van der Waals surface area contributed by atoms with Crippen LogP contribution in [-0.2, 0) is 32.0 Å². The second kappa shape index (κ2) is 14.2. The second-order valence-electron chi connectivity index (χ2n) is 8.91. The van der Waals surface area contributed by atoms with Gasteiger partial charge in [-0.3, -0.25) is 14.4 Å². The van der Waals surface area contributed by atoms with Gasteiger partial charge in [-0.25, -0.2) is 9.78 Å². The summed E-state index contributed by atoms with van der Waals surface area (Å²) in [7, 11) is 0. The highest BCUT2D eigenvalue weighted by atomic mass is 32.1. The molecule has 0 radical (unpaired) electrons. The predicted octanol–water partition coefficient (Wildman–Crippen LogP) is 0.0371. The maximum Gasteiger partial charge on any atom is 0.326 e. The van der Waals surface area contributed by atoms with Gasteiger partial charge < -0.3 is 31.8 Å². The van der Waals surface area contributed by atoms with E-state index in [0.29, 0.717) is 12.1 Å². The number of benzene rings is 1. The number of thiol groups is 1. The van der Waals surface area contributed by atoms with Gasteiger partial charge in [0.05, 0.1) is 12.4 Å². The van der Waals surface area contributed by atoms with Crippen LogP contribution in [0.4, 0.5) is 0 Å². The quantitative estimate of drug-likeness (QED) is 0.172. The minimum absolute atomic E-state index is 0.0513. The second-order valence-corrected chi connectivity index (χ2v) is 9.28. The molecule has 196 valence electrons. The van der Waals surface area contributed by atoms with Crippen molar-refractivity contribution in [3.63, 3.8) is 0 Å². The number of imidazole rings is 1. The van der Waals surface area contributed by atoms with Crippen LogP contribution in [0, 0.1) is 5.92 Å². The molecule has 3 amide bonds. The van der Waals surface area contributed by atoms with Crippen LogP contribution in [0.2, 0.25) is 0 Å². The number of rotatable bonds is 14. The van der Waals surface area contributed by atoms with Crippen molar-refractivity contribution < 1.29 is 24.3 Å². The number of carboxylic acids is 1. The molecule has 0 aliphatic heterocycles. The van der Waals surface area contributed by atoms with Gasteiger partial charge in [0.1, 0.15) is 18.1 Å². The zero-order valence-corrected chi connectivity index (χ0v) is 21.2. The van der Waals surface area contributed by atoms with Crippen LogP contribution >= 0.6 is 12.6 Å². The van der Waals surface area contributed by atoms with Crippen LogP contribution in [0.3, 0.4) is 0 Å². The van der Waals surface area contributed by atoms with Crippen molar-refractivity contribution in [3.05, 3.63) is 54.1 Å². The number of aromatic amines is 1. The molecule has 1 heterocycles. The maximum absolute atomic E-state index is 13.0. The molecule has 0 saturated carbocycles. The van der Waals surface area contributed by atoms with E-state index in [1.807, 2.05) is 13.8 Å². The number of nitrogens with two attached hydrogens (primary N) is 1. The summed E-state index contributed by atoms with van der Waals surface area (Å²) < 4.78 is 0. The molecule has 12 heteroatoms. The third-order valence-electron chi connectivity index (χ3n) is 5.38. The van der Waals surface area contributed by atoms with Crippen LogP contribution in [-0.4, -0.2) is 68.7 Å². The number of amides is 3. The normalized spacial score (nSPS) is 14.4. The van der Waals surface area contributed by atoms with E-state index in [4.69, 9.17) is 5.73 Å². The van der Waals surface area contributed by atoms with Gasteiger partial charge >= 0.3 is 5.97 Å². The number of hydrogen-bond donors (Lipinski definition) is 7. The number of carbonyl (C=O) groups is 4. The predicted molar refractivity (Wildman–Crippen MR) is 137 cm³/mol. The lowest BCUT2D eigenvalue weighted by Crippen LogP contribution is -2.58. The van der Waals surface area contributed by atoms with Gasteiger partial charge in [-0.1, -0.05) is 44.2 Å². The lowest BCUT2D eigenvalue weighted by Gasteiger charge is -2.25.